The molecule has 4 atom stereocenters. The van der Waals surface area contributed by atoms with Crippen LogP contribution in [-0.2, 0) is 10.0 Å². The van der Waals surface area contributed by atoms with Crippen LogP contribution >= 0.6 is 0 Å². The molecule has 1 aromatic carbocycles. The lowest BCUT2D eigenvalue weighted by atomic mass is 10.3. The standard InChI is InChI=1S/C20H23N5O2S/c26-28(27,17-4-2-1-3-5-17)23-20-21-18(24-9-13-6-14(13)10-24)8-19(22-20)25-11-15-7-16(15)12-25/h1-5,8,13-16H,6-7,9-12H2,(H,21,22,23). The van der Waals surface area contributed by atoms with Gasteiger partial charge in [-0.3, -0.25) is 0 Å². The van der Waals surface area contributed by atoms with Crippen LogP contribution in [0.4, 0.5) is 17.6 Å². The Morgan fingerprint density at radius 2 is 1.32 bits per heavy atom. The van der Waals surface area contributed by atoms with Gasteiger partial charge in [0.15, 0.2) is 0 Å². The molecule has 6 rings (SSSR count). The molecule has 0 spiro atoms. The fourth-order valence-corrected chi connectivity index (χ4v) is 5.71. The number of hydrogen-bond acceptors (Lipinski definition) is 6. The van der Waals surface area contributed by atoms with Gasteiger partial charge in [0.05, 0.1) is 4.90 Å². The van der Waals surface area contributed by atoms with Gasteiger partial charge in [0, 0.05) is 32.2 Å². The zero-order valence-electron chi connectivity index (χ0n) is 15.5. The molecule has 2 aliphatic carbocycles. The molecule has 28 heavy (non-hydrogen) atoms. The number of hydrogen-bond donors (Lipinski definition) is 1. The number of sulfonamides is 1. The van der Waals surface area contributed by atoms with E-state index in [-0.39, 0.29) is 10.8 Å². The molecule has 0 radical (unpaired) electrons. The van der Waals surface area contributed by atoms with Gasteiger partial charge in [-0.05, 0) is 48.6 Å². The number of benzene rings is 1. The number of aromatic nitrogens is 2. The Morgan fingerprint density at radius 1 is 0.821 bits per heavy atom. The molecule has 4 fully saturated rings. The van der Waals surface area contributed by atoms with Crippen molar-refractivity contribution in [2.45, 2.75) is 17.7 Å². The van der Waals surface area contributed by atoms with Crippen LogP contribution in [0.5, 0.6) is 0 Å². The summed E-state index contributed by atoms with van der Waals surface area (Å²) in [6, 6.07) is 10.4. The normalized spacial score (nSPS) is 30.1. The van der Waals surface area contributed by atoms with Crippen molar-refractivity contribution in [3.05, 3.63) is 36.4 Å². The SMILES string of the molecule is O=S(=O)(Nc1nc(N2CC3CC3C2)cc(N2CC3CC3C2)n1)c1ccccc1. The van der Waals surface area contributed by atoms with Gasteiger partial charge in [-0.2, -0.15) is 9.97 Å². The van der Waals surface area contributed by atoms with Crippen molar-refractivity contribution in [2.24, 2.45) is 23.7 Å². The van der Waals surface area contributed by atoms with E-state index in [4.69, 9.17) is 0 Å². The van der Waals surface area contributed by atoms with Crippen molar-refractivity contribution in [3.63, 3.8) is 0 Å². The van der Waals surface area contributed by atoms with Gasteiger partial charge in [-0.25, -0.2) is 13.1 Å². The van der Waals surface area contributed by atoms with Crippen LogP contribution in [0.3, 0.4) is 0 Å². The Hall–Kier alpha value is -2.35. The number of anilines is 3. The number of fused-ring (bicyclic) bond motifs is 2. The molecule has 2 saturated carbocycles. The van der Waals surface area contributed by atoms with E-state index in [1.807, 2.05) is 6.07 Å². The monoisotopic (exact) mass is 397 g/mol. The van der Waals surface area contributed by atoms with E-state index in [0.717, 1.165) is 61.5 Å². The molecular formula is C20H23N5O2S. The highest BCUT2D eigenvalue weighted by Crippen LogP contribution is 2.48. The van der Waals surface area contributed by atoms with Gasteiger partial charge >= 0.3 is 0 Å². The lowest BCUT2D eigenvalue weighted by Gasteiger charge is -2.24. The molecular weight excluding hydrogens is 374 g/mol. The predicted molar refractivity (Wildman–Crippen MR) is 107 cm³/mol. The third-order valence-electron chi connectivity index (χ3n) is 6.58. The van der Waals surface area contributed by atoms with Crippen LogP contribution in [0.15, 0.2) is 41.3 Å². The van der Waals surface area contributed by atoms with Crippen LogP contribution in [0.1, 0.15) is 12.8 Å². The fourth-order valence-electron chi connectivity index (χ4n) is 4.74. The highest BCUT2D eigenvalue weighted by molar-refractivity contribution is 7.92. The van der Waals surface area contributed by atoms with Gasteiger partial charge in [0.2, 0.25) is 5.95 Å². The summed E-state index contributed by atoms with van der Waals surface area (Å²) in [5, 5.41) is 0. The minimum absolute atomic E-state index is 0.164. The smallest absolute Gasteiger partial charge is 0.264 e. The maximum Gasteiger partial charge on any atom is 0.264 e. The van der Waals surface area contributed by atoms with Crippen LogP contribution in [0.25, 0.3) is 0 Å². The largest absolute Gasteiger partial charge is 0.356 e. The highest BCUT2D eigenvalue weighted by Gasteiger charge is 2.47. The van der Waals surface area contributed by atoms with Crippen LogP contribution in [-0.4, -0.2) is 44.6 Å². The Kier molecular flexibility index (Phi) is 3.45. The van der Waals surface area contributed by atoms with Crippen LogP contribution in [0.2, 0.25) is 0 Å². The van der Waals surface area contributed by atoms with Crippen molar-refractivity contribution in [1.82, 2.24) is 9.97 Å². The summed E-state index contributed by atoms with van der Waals surface area (Å²) >= 11 is 0. The van der Waals surface area contributed by atoms with E-state index >= 15 is 0 Å². The molecule has 2 saturated heterocycles. The van der Waals surface area contributed by atoms with Crippen molar-refractivity contribution < 1.29 is 8.42 Å². The van der Waals surface area contributed by atoms with Crippen molar-refractivity contribution in [2.75, 3.05) is 40.7 Å². The summed E-state index contributed by atoms with van der Waals surface area (Å²) in [5.74, 6) is 4.96. The van der Waals surface area contributed by atoms with E-state index in [1.165, 1.54) is 12.8 Å². The van der Waals surface area contributed by atoms with Gasteiger partial charge in [0.25, 0.3) is 10.0 Å². The molecule has 4 unspecified atom stereocenters. The van der Waals surface area contributed by atoms with Crippen molar-refractivity contribution in [3.8, 4) is 0 Å². The summed E-state index contributed by atoms with van der Waals surface area (Å²) < 4.78 is 28.1. The van der Waals surface area contributed by atoms with E-state index < -0.39 is 10.0 Å². The molecule has 1 N–H and O–H groups in total. The molecule has 7 nitrogen and oxygen atoms in total. The van der Waals surface area contributed by atoms with Crippen LogP contribution < -0.4 is 14.5 Å². The first-order valence-corrected chi connectivity index (χ1v) is 11.5. The molecule has 0 bridgehead atoms. The highest BCUT2D eigenvalue weighted by atomic mass is 32.2. The summed E-state index contributed by atoms with van der Waals surface area (Å²) in [7, 11) is -3.71. The first-order valence-electron chi connectivity index (χ1n) is 10.0. The molecule has 0 amide bonds. The molecule has 2 aromatic rings. The molecule has 1 aromatic heterocycles. The van der Waals surface area contributed by atoms with Gasteiger partial charge in [-0.15, -0.1) is 0 Å². The average molecular weight is 398 g/mol. The van der Waals surface area contributed by atoms with E-state index in [1.54, 1.807) is 30.3 Å². The second-order valence-electron chi connectivity index (χ2n) is 8.65. The maximum absolute atomic E-state index is 12.8. The zero-order chi connectivity index (χ0) is 18.9. The summed E-state index contributed by atoms with van der Waals surface area (Å²) in [6.45, 7) is 4.04. The van der Waals surface area contributed by atoms with Crippen molar-refractivity contribution in [1.29, 1.82) is 0 Å². The Labute approximate surface area is 164 Å². The zero-order valence-corrected chi connectivity index (χ0v) is 16.3. The molecule has 146 valence electrons. The lowest BCUT2D eigenvalue weighted by Crippen LogP contribution is -2.27. The Morgan fingerprint density at radius 3 is 1.82 bits per heavy atom. The van der Waals surface area contributed by atoms with Gasteiger partial charge in [0.1, 0.15) is 11.6 Å². The number of rotatable bonds is 5. The second kappa shape index (κ2) is 5.83. The topological polar surface area (TPSA) is 78.4 Å². The minimum atomic E-state index is -3.71. The van der Waals surface area contributed by atoms with E-state index in [0.29, 0.717) is 0 Å². The van der Waals surface area contributed by atoms with E-state index in [2.05, 4.69) is 24.5 Å². The molecule has 3 heterocycles. The molecule has 8 heteroatoms. The van der Waals surface area contributed by atoms with Crippen LogP contribution in [0, 0.1) is 23.7 Å². The number of nitrogens with one attached hydrogen (secondary N) is 1. The Balaban J connectivity index is 1.33. The first-order chi connectivity index (χ1) is 13.5. The fraction of sp³-hybridized carbons (Fsp3) is 0.500. The van der Waals surface area contributed by atoms with E-state index in [9.17, 15) is 8.42 Å². The van der Waals surface area contributed by atoms with Gasteiger partial charge in [-0.1, -0.05) is 18.2 Å². The lowest BCUT2D eigenvalue weighted by molar-refractivity contribution is 0.600. The third kappa shape index (κ3) is 2.90. The molecule has 4 aliphatic rings. The number of piperidine rings is 2. The number of nitrogens with zero attached hydrogens (tertiary/aromatic N) is 4. The summed E-state index contributed by atoms with van der Waals surface area (Å²) in [4.78, 5) is 13.9. The Bertz CT molecular complexity index is 964. The van der Waals surface area contributed by atoms with Crippen molar-refractivity contribution >= 4 is 27.6 Å². The van der Waals surface area contributed by atoms with Gasteiger partial charge < -0.3 is 9.80 Å². The summed E-state index contributed by atoms with van der Waals surface area (Å²) in [5.41, 5.74) is 0. The average Bonchev–Trinajstić information content (AvgIpc) is 3.54. The quantitative estimate of drug-likeness (QED) is 0.833. The summed E-state index contributed by atoms with van der Waals surface area (Å²) in [6.07, 6.45) is 2.63. The third-order valence-corrected chi connectivity index (χ3v) is 7.93. The predicted octanol–water partition coefficient (Wildman–Crippen LogP) is 2.19. The maximum atomic E-state index is 12.8. The second-order valence-corrected chi connectivity index (χ2v) is 10.3. The minimum Gasteiger partial charge on any atom is -0.356 e. The first kappa shape index (κ1) is 16.6. The molecule has 2 aliphatic heterocycles.